The number of hydrogen-bond donors (Lipinski definition) is 1. The maximum absolute atomic E-state index is 13.1. The third-order valence-electron chi connectivity index (χ3n) is 7.58. The molecule has 0 bridgehead atoms. The number of rotatable bonds is 13. The Labute approximate surface area is 276 Å². The molecule has 0 spiro atoms. The highest BCUT2D eigenvalue weighted by atomic mass is 35.5. The van der Waals surface area contributed by atoms with Crippen LogP contribution in [0.25, 0.3) is 0 Å². The number of ether oxygens (including phenoxy) is 1. The van der Waals surface area contributed by atoms with Crippen LogP contribution in [0.15, 0.2) is 53.4 Å². The summed E-state index contributed by atoms with van der Waals surface area (Å²) in [5.74, 6) is 0.335. The first-order valence-electron chi connectivity index (χ1n) is 14.4. The molecular formula is C32H43Cl2N5O4S. The second-order valence-corrected chi connectivity index (χ2v) is 11.9. The minimum absolute atomic E-state index is 0. The molecular weight excluding hydrogens is 621 g/mol. The first-order chi connectivity index (χ1) is 20.1. The topological polar surface area (TPSA) is 95.1 Å². The zero-order valence-corrected chi connectivity index (χ0v) is 28.4. The van der Waals surface area contributed by atoms with E-state index in [1.54, 1.807) is 46.9 Å². The van der Waals surface area contributed by atoms with Crippen LogP contribution in [0.1, 0.15) is 44.0 Å². The molecule has 0 atom stereocenters. The standard InChI is InChI=1S/C32H41N5O4S.2ClH/c1-6-37-27-10-9-26(20-28(27)36(5)30(39)32(2,3)31(37)40)41-16-7-8-25-18-23(11-13-34-25)21-33-14-15-35(4)29(38)19-24-12-17-42-22-24;;/h9-13,17-18,20,22,33H,6-8,14-16,19,21H2,1-5H3;2*1H. The molecule has 44 heavy (non-hydrogen) atoms. The zero-order chi connectivity index (χ0) is 30.3. The highest BCUT2D eigenvalue weighted by Gasteiger charge is 2.45. The molecule has 4 rings (SSSR count). The number of thiophene rings is 1. The highest BCUT2D eigenvalue weighted by Crippen LogP contribution is 2.40. The molecule has 0 radical (unpaired) electrons. The van der Waals surface area contributed by atoms with E-state index in [2.05, 4.69) is 16.4 Å². The Morgan fingerprint density at radius 1 is 1.07 bits per heavy atom. The summed E-state index contributed by atoms with van der Waals surface area (Å²) in [5, 5.41) is 7.42. The number of benzene rings is 1. The van der Waals surface area contributed by atoms with Gasteiger partial charge in [0.15, 0.2) is 0 Å². The van der Waals surface area contributed by atoms with Gasteiger partial charge in [-0.25, -0.2) is 0 Å². The van der Waals surface area contributed by atoms with Gasteiger partial charge in [-0.2, -0.15) is 11.3 Å². The van der Waals surface area contributed by atoms with Gasteiger partial charge in [-0.1, -0.05) is 0 Å². The van der Waals surface area contributed by atoms with Gasteiger partial charge in [-0.3, -0.25) is 19.4 Å². The predicted octanol–water partition coefficient (Wildman–Crippen LogP) is 5.14. The molecule has 3 aromatic rings. The number of carbonyl (C=O) groups excluding carboxylic acids is 3. The van der Waals surface area contributed by atoms with Crippen LogP contribution in [0.3, 0.4) is 0 Å². The van der Waals surface area contributed by atoms with Crippen LogP contribution >= 0.6 is 36.2 Å². The second kappa shape index (κ2) is 16.8. The summed E-state index contributed by atoms with van der Waals surface area (Å²) in [7, 11) is 3.55. The minimum Gasteiger partial charge on any atom is -0.494 e. The van der Waals surface area contributed by atoms with E-state index in [1.165, 1.54) is 0 Å². The summed E-state index contributed by atoms with van der Waals surface area (Å²) >= 11 is 1.61. The molecule has 0 saturated carbocycles. The van der Waals surface area contributed by atoms with Crippen molar-refractivity contribution in [2.75, 3.05) is 50.1 Å². The van der Waals surface area contributed by atoms with Gasteiger partial charge >= 0.3 is 0 Å². The Morgan fingerprint density at radius 2 is 1.84 bits per heavy atom. The van der Waals surface area contributed by atoms with Crippen molar-refractivity contribution in [3.8, 4) is 5.75 Å². The molecule has 0 fully saturated rings. The largest absolute Gasteiger partial charge is 0.494 e. The first kappa shape index (κ1) is 37.0. The average molecular weight is 665 g/mol. The lowest BCUT2D eigenvalue weighted by Crippen LogP contribution is -2.47. The van der Waals surface area contributed by atoms with Crippen molar-refractivity contribution < 1.29 is 19.1 Å². The van der Waals surface area contributed by atoms with E-state index < -0.39 is 5.41 Å². The fourth-order valence-electron chi connectivity index (χ4n) is 5.00. The third kappa shape index (κ3) is 8.94. The van der Waals surface area contributed by atoms with Gasteiger partial charge in [0.1, 0.15) is 11.2 Å². The molecule has 1 aliphatic rings. The Kier molecular flexibility index (Phi) is 14.1. The summed E-state index contributed by atoms with van der Waals surface area (Å²) in [6.45, 7) is 8.29. The van der Waals surface area contributed by atoms with Crippen LogP contribution in [0.5, 0.6) is 5.75 Å². The summed E-state index contributed by atoms with van der Waals surface area (Å²) in [6, 6.07) is 11.6. The predicted molar refractivity (Wildman–Crippen MR) is 182 cm³/mol. The lowest BCUT2D eigenvalue weighted by atomic mass is 9.90. The van der Waals surface area contributed by atoms with E-state index in [4.69, 9.17) is 4.74 Å². The van der Waals surface area contributed by atoms with E-state index in [1.807, 2.05) is 61.3 Å². The van der Waals surface area contributed by atoms with Gasteiger partial charge in [-0.05, 0) is 85.8 Å². The number of likely N-dealkylation sites (N-methyl/N-ethyl adjacent to an activating group) is 1. The van der Waals surface area contributed by atoms with Crippen molar-refractivity contribution in [2.24, 2.45) is 5.41 Å². The molecule has 1 aromatic carbocycles. The number of aromatic nitrogens is 1. The quantitative estimate of drug-likeness (QED) is 0.201. The van der Waals surface area contributed by atoms with Gasteiger partial charge in [0, 0.05) is 58.2 Å². The molecule has 2 aromatic heterocycles. The van der Waals surface area contributed by atoms with Crippen LogP contribution < -0.4 is 19.9 Å². The Bertz CT molecular complexity index is 1400. The van der Waals surface area contributed by atoms with Gasteiger partial charge in [-0.15, -0.1) is 24.8 Å². The fraction of sp³-hybridized carbons (Fsp3) is 0.438. The normalized spacial score (nSPS) is 13.8. The molecule has 1 aliphatic heterocycles. The average Bonchev–Trinajstić information content (AvgIpc) is 3.49. The molecule has 0 saturated heterocycles. The number of hydrogen-bond acceptors (Lipinski definition) is 7. The smallest absolute Gasteiger partial charge is 0.242 e. The molecule has 1 N–H and O–H groups in total. The number of nitrogens with one attached hydrogen (secondary N) is 1. The van der Waals surface area contributed by atoms with Gasteiger partial charge in [0.2, 0.25) is 17.7 Å². The summed E-state index contributed by atoms with van der Waals surface area (Å²) in [5.41, 5.74) is 3.44. The molecule has 0 aliphatic carbocycles. The van der Waals surface area contributed by atoms with Gasteiger partial charge < -0.3 is 24.8 Å². The summed E-state index contributed by atoms with van der Waals surface area (Å²) < 4.78 is 6.04. The number of nitrogens with zero attached hydrogens (tertiary/aromatic N) is 4. The monoisotopic (exact) mass is 663 g/mol. The molecule has 3 heterocycles. The minimum atomic E-state index is -1.14. The number of anilines is 2. The fourth-order valence-corrected chi connectivity index (χ4v) is 5.66. The Balaban J connectivity index is 0.00000337. The van der Waals surface area contributed by atoms with Crippen LogP contribution in [0.4, 0.5) is 11.4 Å². The second-order valence-electron chi connectivity index (χ2n) is 11.1. The Hall–Kier alpha value is -3.18. The number of aryl methyl sites for hydroxylation is 1. The molecule has 12 heteroatoms. The number of fused-ring (bicyclic) bond motifs is 1. The summed E-state index contributed by atoms with van der Waals surface area (Å²) in [4.78, 5) is 48.0. The van der Waals surface area contributed by atoms with Crippen molar-refractivity contribution in [2.45, 2.75) is 46.6 Å². The van der Waals surface area contributed by atoms with E-state index >= 15 is 0 Å². The van der Waals surface area contributed by atoms with Crippen molar-refractivity contribution in [3.05, 3.63) is 70.2 Å². The molecule has 3 amide bonds. The van der Waals surface area contributed by atoms with E-state index in [9.17, 15) is 14.4 Å². The number of pyridine rings is 1. The number of amides is 3. The van der Waals surface area contributed by atoms with E-state index in [0.717, 1.165) is 29.7 Å². The zero-order valence-electron chi connectivity index (χ0n) is 26.0. The van der Waals surface area contributed by atoms with Crippen molar-refractivity contribution >= 4 is 65.2 Å². The van der Waals surface area contributed by atoms with Gasteiger partial charge in [0.05, 0.1) is 24.4 Å². The molecule has 9 nitrogen and oxygen atoms in total. The molecule has 0 unspecified atom stereocenters. The maximum Gasteiger partial charge on any atom is 0.242 e. The SMILES string of the molecule is CCN1C(=O)C(C)(C)C(=O)N(C)c2cc(OCCCc3cc(CNCCN(C)C(=O)Cc4ccsc4)ccn3)ccc21.Cl.Cl. The molecule has 240 valence electrons. The highest BCUT2D eigenvalue weighted by molar-refractivity contribution is 7.08. The lowest BCUT2D eigenvalue weighted by Gasteiger charge is -2.27. The van der Waals surface area contributed by atoms with Crippen LogP contribution in [-0.2, 0) is 33.8 Å². The summed E-state index contributed by atoms with van der Waals surface area (Å²) in [6.07, 6.45) is 3.81. The number of carbonyl (C=O) groups is 3. The van der Waals surface area contributed by atoms with E-state index in [-0.39, 0.29) is 42.5 Å². The van der Waals surface area contributed by atoms with Crippen molar-refractivity contribution in [1.29, 1.82) is 0 Å². The Morgan fingerprint density at radius 3 is 2.55 bits per heavy atom. The van der Waals surface area contributed by atoms with Crippen molar-refractivity contribution in [3.63, 3.8) is 0 Å². The third-order valence-corrected chi connectivity index (χ3v) is 8.31. The number of halogens is 2. The van der Waals surface area contributed by atoms with Crippen LogP contribution in [0, 0.1) is 5.41 Å². The van der Waals surface area contributed by atoms with Crippen LogP contribution in [0.2, 0.25) is 0 Å². The van der Waals surface area contributed by atoms with Crippen LogP contribution in [-0.4, -0.2) is 67.9 Å². The lowest BCUT2D eigenvalue weighted by molar-refractivity contribution is -0.137. The maximum atomic E-state index is 13.1. The van der Waals surface area contributed by atoms with Gasteiger partial charge in [0.25, 0.3) is 0 Å². The van der Waals surface area contributed by atoms with E-state index in [0.29, 0.717) is 56.3 Å². The first-order valence-corrected chi connectivity index (χ1v) is 15.3. The van der Waals surface area contributed by atoms with Crippen molar-refractivity contribution in [1.82, 2.24) is 15.2 Å².